The number of unbranched alkanes of at least 4 members (excludes halogenated alkanes) is 1. The van der Waals surface area contributed by atoms with E-state index in [0.29, 0.717) is 5.75 Å². The van der Waals surface area contributed by atoms with Gasteiger partial charge in [-0.1, -0.05) is 20.3 Å². The second kappa shape index (κ2) is 7.17. The zero-order valence-electron chi connectivity index (χ0n) is 15.7. The summed E-state index contributed by atoms with van der Waals surface area (Å²) in [5.41, 5.74) is 3.84. The molecule has 0 fully saturated rings. The van der Waals surface area contributed by atoms with E-state index in [-0.39, 0.29) is 0 Å². The van der Waals surface area contributed by atoms with Crippen molar-refractivity contribution in [2.75, 3.05) is 14.2 Å². The van der Waals surface area contributed by atoms with Gasteiger partial charge in [0.25, 0.3) is 0 Å². The van der Waals surface area contributed by atoms with Gasteiger partial charge >= 0.3 is 0 Å². The molecule has 0 saturated heterocycles. The summed E-state index contributed by atoms with van der Waals surface area (Å²) in [5, 5.41) is 4.74. The second-order valence-electron chi connectivity index (χ2n) is 6.09. The summed E-state index contributed by atoms with van der Waals surface area (Å²) in [6.07, 6.45) is 3.19. The third-order valence-corrected chi connectivity index (χ3v) is 4.49. The van der Waals surface area contributed by atoms with Gasteiger partial charge in [-0.2, -0.15) is 5.10 Å². The molecule has 0 amide bonds. The van der Waals surface area contributed by atoms with Gasteiger partial charge in [0.2, 0.25) is 0 Å². The van der Waals surface area contributed by atoms with Crippen molar-refractivity contribution >= 4 is 11.2 Å². The lowest BCUT2D eigenvalue weighted by Gasteiger charge is -2.10. The molecule has 1 aromatic carbocycles. The Hall–Kier alpha value is -2.50. The lowest BCUT2D eigenvalue weighted by Crippen LogP contribution is -2.04. The maximum absolute atomic E-state index is 5.55. The molecule has 0 spiro atoms. The summed E-state index contributed by atoms with van der Waals surface area (Å²) in [7, 11) is 3.30. The van der Waals surface area contributed by atoms with Crippen LogP contribution in [0.2, 0.25) is 0 Å². The van der Waals surface area contributed by atoms with E-state index in [4.69, 9.17) is 19.6 Å². The number of methoxy groups -OCH3 is 2. The molecular weight excluding hydrogens is 316 g/mol. The van der Waals surface area contributed by atoms with Crippen LogP contribution in [0.3, 0.4) is 0 Å². The lowest BCUT2D eigenvalue weighted by molar-refractivity contribution is 0.392. The highest BCUT2D eigenvalue weighted by Crippen LogP contribution is 2.31. The maximum Gasteiger partial charge on any atom is 0.181 e. The molecule has 0 unspecified atom stereocenters. The third-order valence-electron chi connectivity index (χ3n) is 4.49. The minimum absolute atomic E-state index is 0.713. The van der Waals surface area contributed by atoms with Gasteiger partial charge < -0.3 is 14.0 Å². The number of ether oxygens (including phenoxy) is 2. The molecular formula is C19H26N4O2. The number of hydrogen-bond donors (Lipinski definition) is 0. The van der Waals surface area contributed by atoms with Crippen LogP contribution in [-0.4, -0.2) is 33.6 Å². The zero-order valence-corrected chi connectivity index (χ0v) is 15.7. The van der Waals surface area contributed by atoms with Gasteiger partial charge in [0.05, 0.1) is 19.9 Å². The van der Waals surface area contributed by atoms with E-state index in [1.807, 2.05) is 29.8 Å². The van der Waals surface area contributed by atoms with E-state index in [0.717, 1.165) is 59.9 Å². The number of aromatic nitrogens is 4. The standard InChI is InChI=1S/C19H26N4O2/c1-6-8-11-22-17(7-2)20-19-18(22)13(3)21-23(19)15-10-9-14(24-4)12-16(15)25-5/h9-10,12H,6-8,11H2,1-5H3. The molecule has 3 rings (SSSR count). The van der Waals surface area contributed by atoms with Crippen molar-refractivity contribution in [3.63, 3.8) is 0 Å². The van der Waals surface area contributed by atoms with Crippen molar-refractivity contribution < 1.29 is 9.47 Å². The maximum atomic E-state index is 5.55. The fourth-order valence-electron chi connectivity index (χ4n) is 3.19. The Morgan fingerprint density at radius 3 is 2.56 bits per heavy atom. The van der Waals surface area contributed by atoms with Gasteiger partial charge in [0.1, 0.15) is 28.5 Å². The molecule has 0 N–H and O–H groups in total. The first-order valence-electron chi connectivity index (χ1n) is 8.81. The largest absolute Gasteiger partial charge is 0.497 e. The number of hydrogen-bond acceptors (Lipinski definition) is 4. The van der Waals surface area contributed by atoms with E-state index >= 15 is 0 Å². The van der Waals surface area contributed by atoms with Crippen LogP contribution in [0.25, 0.3) is 16.9 Å². The smallest absolute Gasteiger partial charge is 0.181 e. The average molecular weight is 342 g/mol. The molecule has 0 aliphatic rings. The number of nitrogens with zero attached hydrogens (tertiary/aromatic N) is 4. The van der Waals surface area contributed by atoms with Crippen molar-refractivity contribution in [3.8, 4) is 17.2 Å². The monoisotopic (exact) mass is 342 g/mol. The average Bonchev–Trinajstić information content (AvgIpc) is 3.16. The van der Waals surface area contributed by atoms with Crippen molar-refractivity contribution in [2.45, 2.75) is 46.6 Å². The number of rotatable bonds is 7. The van der Waals surface area contributed by atoms with Gasteiger partial charge in [0.15, 0.2) is 5.65 Å². The Bertz CT molecular complexity index is 879. The predicted octanol–water partition coefficient (Wildman–Crippen LogP) is 3.91. The molecule has 0 atom stereocenters. The first-order chi connectivity index (χ1) is 12.1. The van der Waals surface area contributed by atoms with Crippen LogP contribution in [0.15, 0.2) is 18.2 Å². The molecule has 0 aliphatic heterocycles. The Labute approximate surface area is 148 Å². The molecule has 2 aromatic heterocycles. The van der Waals surface area contributed by atoms with Crippen molar-refractivity contribution in [1.82, 2.24) is 19.3 Å². The summed E-state index contributed by atoms with van der Waals surface area (Å²) < 4.78 is 15.0. The van der Waals surface area contributed by atoms with Crippen LogP contribution in [0.1, 0.15) is 38.2 Å². The van der Waals surface area contributed by atoms with Crippen LogP contribution in [0, 0.1) is 6.92 Å². The van der Waals surface area contributed by atoms with Gasteiger partial charge in [-0.3, -0.25) is 0 Å². The lowest BCUT2D eigenvalue weighted by atomic mass is 10.2. The van der Waals surface area contributed by atoms with Gasteiger partial charge in [-0.25, -0.2) is 9.67 Å². The first-order valence-corrected chi connectivity index (χ1v) is 8.81. The summed E-state index contributed by atoms with van der Waals surface area (Å²) in [6, 6.07) is 5.74. The Kier molecular flexibility index (Phi) is 4.97. The van der Waals surface area contributed by atoms with E-state index in [1.165, 1.54) is 0 Å². The Morgan fingerprint density at radius 1 is 1.12 bits per heavy atom. The normalized spacial score (nSPS) is 11.2. The number of benzene rings is 1. The van der Waals surface area contributed by atoms with Crippen LogP contribution >= 0.6 is 0 Å². The third kappa shape index (κ3) is 2.97. The van der Waals surface area contributed by atoms with Crippen LogP contribution in [-0.2, 0) is 13.0 Å². The number of aryl methyl sites for hydroxylation is 3. The fourth-order valence-corrected chi connectivity index (χ4v) is 3.19. The zero-order chi connectivity index (χ0) is 18.0. The molecule has 25 heavy (non-hydrogen) atoms. The van der Waals surface area contributed by atoms with Gasteiger partial charge in [-0.15, -0.1) is 0 Å². The van der Waals surface area contributed by atoms with Crippen molar-refractivity contribution in [3.05, 3.63) is 29.7 Å². The highest BCUT2D eigenvalue weighted by atomic mass is 16.5. The van der Waals surface area contributed by atoms with Crippen LogP contribution in [0.4, 0.5) is 0 Å². The van der Waals surface area contributed by atoms with E-state index in [9.17, 15) is 0 Å². The quantitative estimate of drug-likeness (QED) is 0.653. The molecule has 6 nitrogen and oxygen atoms in total. The van der Waals surface area contributed by atoms with E-state index < -0.39 is 0 Å². The Morgan fingerprint density at radius 2 is 1.92 bits per heavy atom. The molecule has 3 aromatic rings. The molecule has 134 valence electrons. The predicted molar refractivity (Wildman–Crippen MR) is 99.0 cm³/mol. The minimum atomic E-state index is 0.713. The fraction of sp³-hybridized carbons (Fsp3) is 0.474. The number of imidazole rings is 1. The first kappa shape index (κ1) is 17.3. The Balaban J connectivity index is 2.20. The van der Waals surface area contributed by atoms with Gasteiger partial charge in [0, 0.05) is 19.0 Å². The molecule has 2 heterocycles. The second-order valence-corrected chi connectivity index (χ2v) is 6.09. The molecule has 0 radical (unpaired) electrons. The van der Waals surface area contributed by atoms with Crippen LogP contribution < -0.4 is 9.47 Å². The summed E-state index contributed by atoms with van der Waals surface area (Å²) in [6.45, 7) is 7.36. The summed E-state index contributed by atoms with van der Waals surface area (Å²) >= 11 is 0. The minimum Gasteiger partial charge on any atom is -0.497 e. The van der Waals surface area contributed by atoms with Crippen LogP contribution in [0.5, 0.6) is 11.5 Å². The van der Waals surface area contributed by atoms with Crippen molar-refractivity contribution in [1.29, 1.82) is 0 Å². The highest BCUT2D eigenvalue weighted by molar-refractivity contribution is 5.78. The van der Waals surface area contributed by atoms with Crippen molar-refractivity contribution in [2.24, 2.45) is 0 Å². The highest BCUT2D eigenvalue weighted by Gasteiger charge is 2.20. The molecule has 0 aliphatic carbocycles. The molecule has 6 heteroatoms. The summed E-state index contributed by atoms with van der Waals surface area (Å²) in [5.74, 6) is 2.57. The van der Waals surface area contributed by atoms with E-state index in [1.54, 1.807) is 14.2 Å². The topological polar surface area (TPSA) is 54.1 Å². The SMILES string of the molecule is CCCCn1c(CC)nc2c1c(C)nn2-c1ccc(OC)cc1OC. The molecule has 0 saturated carbocycles. The molecule has 0 bridgehead atoms. The van der Waals surface area contributed by atoms with E-state index in [2.05, 4.69) is 18.4 Å². The summed E-state index contributed by atoms with van der Waals surface area (Å²) in [4.78, 5) is 4.88. The number of fused-ring (bicyclic) bond motifs is 1. The van der Waals surface area contributed by atoms with Gasteiger partial charge in [-0.05, 0) is 25.5 Å².